The lowest BCUT2D eigenvalue weighted by atomic mass is 10.1. The van der Waals surface area contributed by atoms with E-state index < -0.39 is 0 Å². The predicted molar refractivity (Wildman–Crippen MR) is 68.4 cm³/mol. The minimum atomic E-state index is 0.407. The van der Waals surface area contributed by atoms with Crippen LogP contribution in [-0.2, 0) is 0 Å². The first-order valence-electron chi connectivity index (χ1n) is 5.31. The van der Waals surface area contributed by atoms with Gasteiger partial charge in [-0.3, -0.25) is 0 Å². The topological polar surface area (TPSA) is 12.0 Å². The second kappa shape index (κ2) is 5.94. The van der Waals surface area contributed by atoms with Gasteiger partial charge in [-0.15, -0.1) is 0 Å². The Bertz CT molecular complexity index is 344. The van der Waals surface area contributed by atoms with Crippen molar-refractivity contribution in [3.63, 3.8) is 0 Å². The van der Waals surface area contributed by atoms with Gasteiger partial charge < -0.3 is 5.32 Å². The molecule has 15 heavy (non-hydrogen) atoms. The molecule has 0 heterocycles. The Labute approximate surface area is 97.1 Å². The van der Waals surface area contributed by atoms with Gasteiger partial charge in [0.25, 0.3) is 0 Å². The number of likely N-dealkylation sites (N-methyl/N-ethyl adjacent to an activating group) is 1. The van der Waals surface area contributed by atoms with Gasteiger partial charge in [-0.2, -0.15) is 0 Å². The smallest absolute Gasteiger partial charge is 0.0409 e. The van der Waals surface area contributed by atoms with E-state index in [1.54, 1.807) is 0 Å². The van der Waals surface area contributed by atoms with Crippen LogP contribution in [0.2, 0.25) is 5.02 Å². The summed E-state index contributed by atoms with van der Waals surface area (Å²) in [6.07, 6.45) is 4.30. The van der Waals surface area contributed by atoms with Crippen molar-refractivity contribution in [2.45, 2.75) is 26.8 Å². The Kier molecular flexibility index (Phi) is 4.86. The number of hydrogen-bond donors (Lipinski definition) is 1. The molecule has 2 heteroatoms. The largest absolute Gasteiger partial charge is 0.311 e. The maximum Gasteiger partial charge on any atom is 0.0409 e. The van der Waals surface area contributed by atoms with Gasteiger partial charge in [0, 0.05) is 11.1 Å². The third kappa shape index (κ3) is 4.06. The Morgan fingerprint density at radius 1 is 1.47 bits per heavy atom. The Morgan fingerprint density at radius 3 is 2.80 bits per heavy atom. The zero-order valence-corrected chi connectivity index (χ0v) is 10.3. The standard InChI is InChI=1S/C13H18ClN/c1-4-15-11(3)5-6-12-7-8-13(14)9-10(12)2/h5-9,11,15H,4H2,1-3H3/b6-5+. The highest BCUT2D eigenvalue weighted by molar-refractivity contribution is 6.30. The molecule has 1 atom stereocenters. The third-order valence-corrected chi connectivity index (χ3v) is 2.56. The van der Waals surface area contributed by atoms with Gasteiger partial charge in [-0.05, 0) is 43.7 Å². The third-order valence-electron chi connectivity index (χ3n) is 2.32. The molecule has 1 aromatic rings. The van der Waals surface area contributed by atoms with Crippen LogP contribution in [0.15, 0.2) is 24.3 Å². The average molecular weight is 224 g/mol. The molecule has 0 saturated carbocycles. The van der Waals surface area contributed by atoms with Gasteiger partial charge in [-0.25, -0.2) is 0 Å². The lowest BCUT2D eigenvalue weighted by Gasteiger charge is -2.06. The van der Waals surface area contributed by atoms with E-state index in [9.17, 15) is 0 Å². The second-order valence-corrected chi connectivity index (χ2v) is 4.14. The van der Waals surface area contributed by atoms with Gasteiger partial charge in [0.05, 0.1) is 0 Å². The van der Waals surface area contributed by atoms with Crippen LogP contribution in [0.4, 0.5) is 0 Å². The number of halogens is 1. The molecule has 1 nitrogen and oxygen atoms in total. The van der Waals surface area contributed by atoms with E-state index in [2.05, 4.69) is 38.2 Å². The van der Waals surface area contributed by atoms with Gasteiger partial charge in [0.1, 0.15) is 0 Å². The van der Waals surface area contributed by atoms with E-state index >= 15 is 0 Å². The van der Waals surface area contributed by atoms with Crippen molar-refractivity contribution in [3.8, 4) is 0 Å². The average Bonchev–Trinajstić information content (AvgIpc) is 2.17. The Balaban J connectivity index is 2.72. The van der Waals surface area contributed by atoms with Crippen LogP contribution in [0.3, 0.4) is 0 Å². The molecule has 0 saturated heterocycles. The number of rotatable bonds is 4. The van der Waals surface area contributed by atoms with Crippen LogP contribution < -0.4 is 5.32 Å². The summed E-state index contributed by atoms with van der Waals surface area (Å²) in [5.74, 6) is 0. The van der Waals surface area contributed by atoms with Crippen LogP contribution >= 0.6 is 11.6 Å². The van der Waals surface area contributed by atoms with Crippen LogP contribution in [0, 0.1) is 6.92 Å². The van der Waals surface area contributed by atoms with Crippen molar-refractivity contribution in [3.05, 3.63) is 40.4 Å². The maximum atomic E-state index is 5.89. The van der Waals surface area contributed by atoms with Gasteiger partial charge in [-0.1, -0.05) is 36.7 Å². The molecule has 1 aromatic carbocycles. The van der Waals surface area contributed by atoms with Crippen LogP contribution in [0.5, 0.6) is 0 Å². The molecule has 1 rings (SSSR count). The van der Waals surface area contributed by atoms with Crippen LogP contribution in [0.1, 0.15) is 25.0 Å². The van der Waals surface area contributed by atoms with Crippen LogP contribution in [-0.4, -0.2) is 12.6 Å². The van der Waals surface area contributed by atoms with E-state index in [1.165, 1.54) is 11.1 Å². The quantitative estimate of drug-likeness (QED) is 0.822. The number of nitrogens with one attached hydrogen (secondary N) is 1. The molecule has 0 aromatic heterocycles. The van der Waals surface area contributed by atoms with Gasteiger partial charge >= 0.3 is 0 Å². The molecule has 0 radical (unpaired) electrons. The van der Waals surface area contributed by atoms with Crippen molar-refractivity contribution >= 4 is 17.7 Å². The van der Waals surface area contributed by atoms with E-state index in [1.807, 2.05) is 18.2 Å². The molecule has 0 spiro atoms. The summed E-state index contributed by atoms with van der Waals surface area (Å²) in [7, 11) is 0. The summed E-state index contributed by atoms with van der Waals surface area (Å²) in [6.45, 7) is 7.32. The minimum Gasteiger partial charge on any atom is -0.311 e. The van der Waals surface area contributed by atoms with Crippen molar-refractivity contribution in [1.29, 1.82) is 0 Å². The molecule has 0 aliphatic heterocycles. The van der Waals surface area contributed by atoms with E-state index in [4.69, 9.17) is 11.6 Å². The number of aryl methyl sites for hydroxylation is 1. The fourth-order valence-electron chi connectivity index (χ4n) is 1.46. The van der Waals surface area contributed by atoms with Crippen molar-refractivity contribution in [2.75, 3.05) is 6.54 Å². The lowest BCUT2D eigenvalue weighted by molar-refractivity contribution is 0.663. The second-order valence-electron chi connectivity index (χ2n) is 3.71. The molecule has 0 amide bonds. The molecule has 1 N–H and O–H groups in total. The summed E-state index contributed by atoms with van der Waals surface area (Å²) in [5, 5.41) is 4.13. The first-order valence-corrected chi connectivity index (χ1v) is 5.69. The maximum absolute atomic E-state index is 5.89. The molecule has 82 valence electrons. The predicted octanol–water partition coefficient (Wildman–Crippen LogP) is 3.66. The van der Waals surface area contributed by atoms with Gasteiger partial charge in [0.15, 0.2) is 0 Å². The Morgan fingerprint density at radius 2 is 2.20 bits per heavy atom. The molecular formula is C13H18ClN. The summed E-state index contributed by atoms with van der Waals surface area (Å²) < 4.78 is 0. The first kappa shape index (κ1) is 12.3. The minimum absolute atomic E-state index is 0.407. The summed E-state index contributed by atoms with van der Waals surface area (Å²) in [4.78, 5) is 0. The highest BCUT2D eigenvalue weighted by Crippen LogP contribution is 2.16. The lowest BCUT2D eigenvalue weighted by Crippen LogP contribution is -2.22. The highest BCUT2D eigenvalue weighted by atomic mass is 35.5. The first-order chi connectivity index (χ1) is 7.13. The van der Waals surface area contributed by atoms with Crippen LogP contribution in [0.25, 0.3) is 6.08 Å². The molecule has 0 aliphatic carbocycles. The molecule has 0 fully saturated rings. The number of hydrogen-bond acceptors (Lipinski definition) is 1. The molecule has 1 unspecified atom stereocenters. The van der Waals surface area contributed by atoms with Crippen molar-refractivity contribution in [2.24, 2.45) is 0 Å². The zero-order valence-electron chi connectivity index (χ0n) is 9.55. The molecule has 0 aliphatic rings. The molecular weight excluding hydrogens is 206 g/mol. The molecule has 0 bridgehead atoms. The fraction of sp³-hybridized carbons (Fsp3) is 0.385. The normalized spacial score (nSPS) is 13.3. The number of benzene rings is 1. The summed E-state index contributed by atoms with van der Waals surface area (Å²) >= 11 is 5.89. The fourth-order valence-corrected chi connectivity index (χ4v) is 1.69. The Hall–Kier alpha value is -0.790. The zero-order chi connectivity index (χ0) is 11.3. The van der Waals surface area contributed by atoms with E-state index in [0.717, 1.165) is 11.6 Å². The summed E-state index contributed by atoms with van der Waals surface area (Å²) in [5.41, 5.74) is 2.44. The van der Waals surface area contributed by atoms with E-state index in [-0.39, 0.29) is 0 Å². The van der Waals surface area contributed by atoms with Crippen molar-refractivity contribution in [1.82, 2.24) is 5.32 Å². The van der Waals surface area contributed by atoms with Crippen molar-refractivity contribution < 1.29 is 0 Å². The van der Waals surface area contributed by atoms with E-state index in [0.29, 0.717) is 6.04 Å². The monoisotopic (exact) mass is 223 g/mol. The van der Waals surface area contributed by atoms with Gasteiger partial charge in [0.2, 0.25) is 0 Å². The SMILES string of the molecule is CCNC(C)/C=C/c1ccc(Cl)cc1C. The summed E-state index contributed by atoms with van der Waals surface area (Å²) in [6, 6.07) is 6.36. The highest BCUT2D eigenvalue weighted by Gasteiger charge is 1.96.